The molecule has 0 spiro atoms. The molecule has 0 fully saturated rings. The molecule has 0 radical (unpaired) electrons. The van der Waals surface area contributed by atoms with Crippen molar-refractivity contribution in [2.75, 3.05) is 11.1 Å². The topological polar surface area (TPSA) is 155 Å². The third-order valence-electron chi connectivity index (χ3n) is 5.88. The number of pyridine rings is 2. The van der Waals surface area contributed by atoms with Crippen LogP contribution in [0, 0.1) is 10.8 Å². The first-order chi connectivity index (χ1) is 16.6. The number of rotatable bonds is 5. The fourth-order valence-electron chi connectivity index (χ4n) is 4.28. The van der Waals surface area contributed by atoms with Crippen molar-refractivity contribution in [3.63, 3.8) is 0 Å². The largest absolute Gasteiger partial charge is 0.431 e. The van der Waals surface area contributed by atoms with Crippen molar-refractivity contribution in [3.05, 3.63) is 64.6 Å². The molecule has 0 aliphatic heterocycles. The van der Waals surface area contributed by atoms with Crippen LogP contribution in [0.4, 0.5) is 24.7 Å². The number of hydrogen-bond acceptors (Lipinski definition) is 7. The zero-order valence-corrected chi connectivity index (χ0v) is 18.5. The van der Waals surface area contributed by atoms with Crippen molar-refractivity contribution in [1.82, 2.24) is 9.97 Å². The van der Waals surface area contributed by atoms with Crippen molar-refractivity contribution in [2.24, 2.45) is 5.73 Å². The van der Waals surface area contributed by atoms with Crippen molar-refractivity contribution >= 4 is 45.8 Å². The van der Waals surface area contributed by atoms with E-state index in [-0.39, 0.29) is 28.3 Å². The molecule has 1 aliphatic carbocycles. The molecule has 2 heterocycles. The van der Waals surface area contributed by atoms with Crippen molar-refractivity contribution in [3.8, 4) is 0 Å². The number of alkyl halides is 3. The van der Waals surface area contributed by atoms with Gasteiger partial charge in [0, 0.05) is 34.6 Å². The van der Waals surface area contributed by atoms with Crippen LogP contribution < -0.4 is 16.8 Å². The molecule has 0 unspecified atom stereocenters. The summed E-state index contributed by atoms with van der Waals surface area (Å²) >= 11 is 0. The first-order valence-electron chi connectivity index (χ1n) is 10.8. The first kappa shape index (κ1) is 23.9. The Labute approximate surface area is 198 Å². The number of benzene rings is 1. The smallest absolute Gasteiger partial charge is 0.398 e. The maximum Gasteiger partial charge on any atom is 0.431 e. The Kier molecular flexibility index (Phi) is 6.25. The van der Waals surface area contributed by atoms with E-state index in [9.17, 15) is 18.0 Å². The van der Waals surface area contributed by atoms with E-state index in [2.05, 4.69) is 15.3 Å². The van der Waals surface area contributed by atoms with E-state index in [1.807, 2.05) is 0 Å². The predicted molar refractivity (Wildman–Crippen MR) is 128 cm³/mol. The van der Waals surface area contributed by atoms with Crippen LogP contribution in [-0.2, 0) is 17.6 Å². The van der Waals surface area contributed by atoms with Gasteiger partial charge in [0.1, 0.15) is 17.2 Å². The number of hydrogen-bond donors (Lipinski definition) is 5. The molecule has 8 nitrogen and oxygen atoms in total. The fraction of sp³-hybridized carbons (Fsp3) is 0.208. The lowest BCUT2D eigenvalue weighted by Crippen LogP contribution is -2.26. The number of carbonyl (C=O) groups is 1. The minimum Gasteiger partial charge on any atom is -0.398 e. The molecular weight excluding hydrogens is 459 g/mol. The van der Waals surface area contributed by atoms with E-state index >= 15 is 0 Å². The minimum atomic E-state index is -4.83. The highest BCUT2D eigenvalue weighted by Crippen LogP contribution is 2.38. The van der Waals surface area contributed by atoms with Crippen LogP contribution in [0.3, 0.4) is 0 Å². The fourth-order valence-corrected chi connectivity index (χ4v) is 4.28. The van der Waals surface area contributed by atoms with Gasteiger partial charge in [0.15, 0.2) is 0 Å². The number of anilines is 2. The minimum absolute atomic E-state index is 0.0165. The van der Waals surface area contributed by atoms with Gasteiger partial charge in [-0.1, -0.05) is 6.07 Å². The molecule has 1 aliphatic rings. The zero-order chi connectivity index (χ0) is 25.3. The second-order valence-electron chi connectivity index (χ2n) is 8.06. The van der Waals surface area contributed by atoms with Crippen LogP contribution in [0.1, 0.15) is 35.2 Å². The van der Waals surface area contributed by atoms with Crippen LogP contribution in [0.5, 0.6) is 0 Å². The second kappa shape index (κ2) is 9.16. The summed E-state index contributed by atoms with van der Waals surface area (Å²) in [4.78, 5) is 21.3. The summed E-state index contributed by atoms with van der Waals surface area (Å²) in [6, 6.07) is 7.92. The number of aryl methyl sites for hydroxylation is 1. The molecule has 3 aromatic rings. The van der Waals surface area contributed by atoms with Crippen molar-refractivity contribution in [2.45, 2.75) is 31.9 Å². The lowest BCUT2D eigenvalue weighted by molar-refractivity contribution is -0.110. The molecule has 0 bridgehead atoms. The van der Waals surface area contributed by atoms with Gasteiger partial charge in [0.2, 0.25) is 0 Å². The quantitative estimate of drug-likeness (QED) is 0.275. The van der Waals surface area contributed by atoms with Crippen LogP contribution in [0.15, 0.2) is 42.2 Å². The molecule has 4 rings (SSSR count). The summed E-state index contributed by atoms with van der Waals surface area (Å²) in [5.41, 5.74) is 11.0. The van der Waals surface area contributed by atoms with Gasteiger partial charge in [-0.05, 0) is 61.1 Å². The SMILES string of the molecule is N=CC(=C(N)C(F)(F)F)c1nc2ccc(N)c(C(=N)C(=O)Nc3ccccn3)c2c2c1CCCC2. The number of nitrogen functional groups attached to an aromatic ring is 1. The number of carbonyl (C=O) groups excluding carboxylic acids is 1. The van der Waals surface area contributed by atoms with Gasteiger partial charge in [-0.3, -0.25) is 10.2 Å². The molecule has 180 valence electrons. The molecule has 35 heavy (non-hydrogen) atoms. The van der Waals surface area contributed by atoms with E-state index in [1.54, 1.807) is 18.2 Å². The highest BCUT2D eigenvalue weighted by molar-refractivity contribution is 6.50. The number of nitrogens with one attached hydrogen (secondary N) is 3. The Hall–Kier alpha value is -4.28. The van der Waals surface area contributed by atoms with E-state index in [4.69, 9.17) is 22.3 Å². The summed E-state index contributed by atoms with van der Waals surface area (Å²) in [5.74, 6) is -0.482. The lowest BCUT2D eigenvalue weighted by Gasteiger charge is -2.24. The van der Waals surface area contributed by atoms with Gasteiger partial charge < -0.3 is 22.2 Å². The number of halogens is 3. The predicted octanol–water partition coefficient (Wildman–Crippen LogP) is 3.98. The van der Waals surface area contributed by atoms with Gasteiger partial charge in [-0.2, -0.15) is 13.2 Å². The Morgan fingerprint density at radius 3 is 2.46 bits per heavy atom. The molecule has 1 amide bonds. The Balaban J connectivity index is 1.94. The normalized spacial score (nSPS) is 14.1. The number of fused-ring (bicyclic) bond motifs is 3. The van der Waals surface area contributed by atoms with Gasteiger partial charge in [-0.15, -0.1) is 0 Å². The maximum atomic E-state index is 13.4. The third-order valence-corrected chi connectivity index (χ3v) is 5.88. The molecule has 11 heteroatoms. The number of nitrogens with two attached hydrogens (primary N) is 2. The van der Waals surface area contributed by atoms with Gasteiger partial charge >= 0.3 is 6.18 Å². The average Bonchev–Trinajstić information content (AvgIpc) is 2.84. The number of amides is 1. The average molecular weight is 481 g/mol. The standard InChI is InChI=1S/C24H22F3N7O/c25-24(26,27)22(31)14(11-28)21-13-6-2-1-5-12(13)18-16(33-21)9-8-15(29)19(18)20(30)23(35)34-17-7-3-4-10-32-17/h3-4,7-11,28,30H,1-2,5-6,29,31H2,(H,32,34,35). The Morgan fingerprint density at radius 1 is 1.11 bits per heavy atom. The van der Waals surface area contributed by atoms with Crippen molar-refractivity contribution < 1.29 is 18.0 Å². The van der Waals surface area contributed by atoms with Crippen LogP contribution >= 0.6 is 0 Å². The molecule has 7 N–H and O–H groups in total. The van der Waals surface area contributed by atoms with Gasteiger partial charge in [0.05, 0.1) is 11.2 Å². The summed E-state index contributed by atoms with van der Waals surface area (Å²) < 4.78 is 40.2. The summed E-state index contributed by atoms with van der Waals surface area (Å²) in [7, 11) is 0. The number of allylic oxidation sites excluding steroid dienone is 2. The maximum absolute atomic E-state index is 13.4. The molecule has 0 saturated carbocycles. The summed E-state index contributed by atoms with van der Waals surface area (Å²) in [5, 5.41) is 19.2. The van der Waals surface area contributed by atoms with E-state index in [0.717, 1.165) is 6.42 Å². The summed E-state index contributed by atoms with van der Waals surface area (Å²) in [6.07, 6.45) is -0.406. The Bertz CT molecular complexity index is 1380. The van der Waals surface area contributed by atoms with E-state index in [0.29, 0.717) is 42.0 Å². The second-order valence-corrected chi connectivity index (χ2v) is 8.06. The van der Waals surface area contributed by atoms with Crippen LogP contribution in [-0.4, -0.2) is 34.0 Å². The molecular formula is C24H22F3N7O. The Morgan fingerprint density at radius 2 is 1.83 bits per heavy atom. The first-order valence-corrected chi connectivity index (χ1v) is 10.8. The van der Waals surface area contributed by atoms with E-state index < -0.39 is 29.1 Å². The highest BCUT2D eigenvalue weighted by Gasteiger charge is 2.36. The van der Waals surface area contributed by atoms with Crippen LogP contribution in [0.2, 0.25) is 0 Å². The molecule has 1 aromatic carbocycles. The molecule has 0 atom stereocenters. The monoisotopic (exact) mass is 481 g/mol. The van der Waals surface area contributed by atoms with Crippen molar-refractivity contribution in [1.29, 1.82) is 10.8 Å². The van der Waals surface area contributed by atoms with Gasteiger partial charge in [-0.25, -0.2) is 9.97 Å². The third kappa shape index (κ3) is 4.44. The highest BCUT2D eigenvalue weighted by atomic mass is 19.4. The lowest BCUT2D eigenvalue weighted by atomic mass is 9.83. The molecule has 0 saturated heterocycles. The number of nitrogens with zero attached hydrogens (tertiary/aromatic N) is 2. The molecule has 2 aromatic heterocycles. The van der Waals surface area contributed by atoms with Crippen LogP contribution in [0.25, 0.3) is 16.5 Å². The number of aromatic nitrogens is 2. The van der Waals surface area contributed by atoms with Gasteiger partial charge in [0.25, 0.3) is 5.91 Å². The van der Waals surface area contributed by atoms with E-state index in [1.165, 1.54) is 18.3 Å². The summed E-state index contributed by atoms with van der Waals surface area (Å²) in [6.45, 7) is 0. The zero-order valence-electron chi connectivity index (χ0n) is 18.5.